The molecule has 0 unspecified atom stereocenters. The Balaban J connectivity index is 1.64. The highest BCUT2D eigenvalue weighted by Crippen LogP contribution is 2.52. The number of aryl methyl sites for hydroxylation is 1. The number of nitrogens with one attached hydrogen (secondary N) is 1. The highest BCUT2D eigenvalue weighted by Gasteiger charge is 2.41. The Morgan fingerprint density at radius 3 is 2.62 bits per heavy atom. The van der Waals surface area contributed by atoms with Gasteiger partial charge in [0.15, 0.2) is 6.10 Å². The minimum Gasteiger partial charge on any atom is -0.497 e. The lowest BCUT2D eigenvalue weighted by Crippen LogP contribution is -2.32. The van der Waals surface area contributed by atoms with E-state index in [1.165, 1.54) is 5.56 Å². The zero-order valence-corrected chi connectivity index (χ0v) is 19.9. The van der Waals surface area contributed by atoms with Crippen molar-refractivity contribution >= 4 is 34.8 Å². The van der Waals surface area contributed by atoms with Crippen LogP contribution in [0.1, 0.15) is 34.4 Å². The van der Waals surface area contributed by atoms with E-state index < -0.39 is 6.10 Å². The first-order chi connectivity index (χ1) is 16.5. The van der Waals surface area contributed by atoms with E-state index in [9.17, 15) is 0 Å². The molecular formula is C26H20Cl2N4O2. The van der Waals surface area contributed by atoms with Gasteiger partial charge in [0.1, 0.15) is 23.9 Å². The van der Waals surface area contributed by atoms with Crippen LogP contribution in [0.25, 0.3) is 5.70 Å². The van der Waals surface area contributed by atoms with Crippen LogP contribution in [0.3, 0.4) is 0 Å². The van der Waals surface area contributed by atoms with Crippen molar-refractivity contribution in [2.45, 2.75) is 19.1 Å². The standard InChI is InChI=1S/C26H20Cl2N4O2/c1-14-3-5-15(6-4-14)24-22-23(31-26-29-13-30-32(24)26)19-12-17(33-2)8-10-21(19)34-25(22)18-9-7-16(27)11-20(18)28/h3-13,24-25H,1-2H3,(H,29,30,31)/t24-,25+/m0/s1. The van der Waals surface area contributed by atoms with Gasteiger partial charge < -0.3 is 14.8 Å². The summed E-state index contributed by atoms with van der Waals surface area (Å²) in [5.41, 5.74) is 5.84. The third kappa shape index (κ3) is 3.33. The Bertz CT molecular complexity index is 1450. The van der Waals surface area contributed by atoms with E-state index in [1.54, 1.807) is 19.5 Å². The molecule has 170 valence electrons. The molecule has 4 aromatic rings. The van der Waals surface area contributed by atoms with Crippen LogP contribution in [0.4, 0.5) is 5.95 Å². The van der Waals surface area contributed by atoms with Crippen LogP contribution in [0.5, 0.6) is 11.5 Å². The summed E-state index contributed by atoms with van der Waals surface area (Å²) in [4.78, 5) is 4.47. The Morgan fingerprint density at radius 2 is 1.85 bits per heavy atom. The number of aromatic nitrogens is 3. The number of benzene rings is 3. The van der Waals surface area contributed by atoms with Gasteiger partial charge in [-0.2, -0.15) is 10.1 Å². The molecule has 6 rings (SSSR count). The van der Waals surface area contributed by atoms with Crippen molar-refractivity contribution in [1.29, 1.82) is 0 Å². The molecule has 0 aliphatic carbocycles. The second kappa shape index (κ2) is 8.08. The van der Waals surface area contributed by atoms with Crippen molar-refractivity contribution in [2.24, 2.45) is 0 Å². The largest absolute Gasteiger partial charge is 0.497 e. The van der Waals surface area contributed by atoms with Gasteiger partial charge in [0.05, 0.1) is 12.8 Å². The number of anilines is 1. The molecule has 2 atom stereocenters. The first-order valence-electron chi connectivity index (χ1n) is 10.8. The van der Waals surface area contributed by atoms with Gasteiger partial charge in [-0.05, 0) is 42.8 Å². The molecule has 0 bridgehead atoms. The molecule has 0 amide bonds. The molecule has 0 fully saturated rings. The van der Waals surface area contributed by atoms with Crippen molar-refractivity contribution in [3.05, 3.63) is 105 Å². The number of rotatable bonds is 3. The van der Waals surface area contributed by atoms with E-state index in [0.29, 0.717) is 16.0 Å². The van der Waals surface area contributed by atoms with Crippen LogP contribution in [0, 0.1) is 6.92 Å². The Kier molecular flexibility index (Phi) is 5.01. The van der Waals surface area contributed by atoms with Gasteiger partial charge in [-0.15, -0.1) is 0 Å². The van der Waals surface area contributed by atoms with Crippen molar-refractivity contribution in [1.82, 2.24) is 14.8 Å². The predicted octanol–water partition coefficient (Wildman–Crippen LogP) is 6.46. The lowest BCUT2D eigenvalue weighted by Gasteiger charge is -2.39. The molecule has 34 heavy (non-hydrogen) atoms. The third-order valence-corrected chi connectivity index (χ3v) is 6.82. The van der Waals surface area contributed by atoms with Crippen molar-refractivity contribution < 1.29 is 9.47 Å². The molecule has 1 aromatic heterocycles. The van der Waals surface area contributed by atoms with E-state index in [-0.39, 0.29) is 6.04 Å². The number of ether oxygens (including phenoxy) is 2. The monoisotopic (exact) mass is 490 g/mol. The summed E-state index contributed by atoms with van der Waals surface area (Å²) in [6.45, 7) is 2.07. The average molecular weight is 491 g/mol. The minimum atomic E-state index is -0.475. The number of methoxy groups -OCH3 is 1. The Labute approximate surface area is 206 Å². The molecule has 3 heterocycles. The van der Waals surface area contributed by atoms with Gasteiger partial charge in [0.25, 0.3) is 0 Å². The lowest BCUT2D eigenvalue weighted by atomic mass is 9.84. The van der Waals surface area contributed by atoms with Gasteiger partial charge in [-0.25, -0.2) is 4.68 Å². The fourth-order valence-corrected chi connectivity index (χ4v) is 5.13. The maximum atomic E-state index is 6.70. The van der Waals surface area contributed by atoms with Crippen LogP contribution >= 0.6 is 23.2 Å². The zero-order chi connectivity index (χ0) is 23.4. The normalized spacial score (nSPS) is 18.4. The van der Waals surface area contributed by atoms with Crippen molar-refractivity contribution in [3.8, 4) is 11.5 Å². The van der Waals surface area contributed by atoms with Crippen LogP contribution < -0.4 is 14.8 Å². The molecular weight excluding hydrogens is 471 g/mol. The third-order valence-electron chi connectivity index (χ3n) is 6.26. The maximum Gasteiger partial charge on any atom is 0.226 e. The highest BCUT2D eigenvalue weighted by atomic mass is 35.5. The molecule has 6 nitrogen and oxygen atoms in total. The number of hydrogen-bond donors (Lipinski definition) is 1. The molecule has 2 aliphatic rings. The van der Waals surface area contributed by atoms with E-state index in [2.05, 4.69) is 46.6 Å². The molecule has 0 radical (unpaired) electrons. The molecule has 3 aromatic carbocycles. The fourth-order valence-electron chi connectivity index (χ4n) is 4.62. The SMILES string of the molecule is COc1ccc2c(c1)C1=C([C@H](c3ccc(C)cc3)n3ncnc3N1)[C@@H](c1ccc(Cl)cc1Cl)O2. The van der Waals surface area contributed by atoms with Crippen molar-refractivity contribution in [2.75, 3.05) is 12.4 Å². The summed E-state index contributed by atoms with van der Waals surface area (Å²) in [7, 11) is 1.65. The molecule has 0 saturated heterocycles. The second-order valence-electron chi connectivity index (χ2n) is 8.32. The fraction of sp³-hybridized carbons (Fsp3) is 0.154. The van der Waals surface area contributed by atoms with E-state index in [1.807, 2.05) is 35.0 Å². The van der Waals surface area contributed by atoms with Crippen LogP contribution in [-0.4, -0.2) is 21.9 Å². The first kappa shape index (κ1) is 21.1. The van der Waals surface area contributed by atoms with Gasteiger partial charge >= 0.3 is 0 Å². The van der Waals surface area contributed by atoms with Gasteiger partial charge in [-0.3, -0.25) is 0 Å². The summed E-state index contributed by atoms with van der Waals surface area (Å²) >= 11 is 12.9. The molecule has 2 aliphatic heterocycles. The first-order valence-corrected chi connectivity index (χ1v) is 11.6. The van der Waals surface area contributed by atoms with Crippen LogP contribution in [0.2, 0.25) is 10.0 Å². The number of hydrogen-bond acceptors (Lipinski definition) is 5. The zero-order valence-electron chi connectivity index (χ0n) is 18.4. The minimum absolute atomic E-state index is 0.259. The maximum absolute atomic E-state index is 6.70. The van der Waals surface area contributed by atoms with Gasteiger partial charge in [0, 0.05) is 26.7 Å². The quantitative estimate of drug-likeness (QED) is 0.356. The van der Waals surface area contributed by atoms with E-state index in [0.717, 1.165) is 39.5 Å². The summed E-state index contributed by atoms with van der Waals surface area (Å²) in [6.07, 6.45) is 1.08. The summed E-state index contributed by atoms with van der Waals surface area (Å²) < 4.78 is 14.0. The molecule has 0 saturated carbocycles. The number of nitrogens with zero attached hydrogens (tertiary/aromatic N) is 3. The Morgan fingerprint density at radius 1 is 1.03 bits per heavy atom. The summed E-state index contributed by atoms with van der Waals surface area (Å²) in [5, 5.41) is 9.15. The Hall–Kier alpha value is -3.48. The second-order valence-corrected chi connectivity index (χ2v) is 9.17. The van der Waals surface area contributed by atoms with Gasteiger partial charge in [-0.1, -0.05) is 59.1 Å². The lowest BCUT2D eigenvalue weighted by molar-refractivity contribution is 0.223. The average Bonchev–Trinajstić information content (AvgIpc) is 3.31. The molecule has 1 N–H and O–H groups in total. The van der Waals surface area contributed by atoms with E-state index in [4.69, 9.17) is 32.7 Å². The predicted molar refractivity (Wildman–Crippen MR) is 133 cm³/mol. The molecule has 0 spiro atoms. The van der Waals surface area contributed by atoms with Crippen LogP contribution in [-0.2, 0) is 0 Å². The topological polar surface area (TPSA) is 61.2 Å². The number of halogens is 2. The molecule has 8 heteroatoms. The van der Waals surface area contributed by atoms with E-state index >= 15 is 0 Å². The van der Waals surface area contributed by atoms with Crippen molar-refractivity contribution in [3.63, 3.8) is 0 Å². The highest BCUT2D eigenvalue weighted by molar-refractivity contribution is 6.35. The van der Waals surface area contributed by atoms with Gasteiger partial charge in [0.2, 0.25) is 5.95 Å². The summed E-state index contributed by atoms with van der Waals surface area (Å²) in [5.74, 6) is 2.11. The number of fused-ring (bicyclic) bond motifs is 3. The summed E-state index contributed by atoms with van der Waals surface area (Å²) in [6, 6.07) is 19.4. The smallest absolute Gasteiger partial charge is 0.226 e. The van der Waals surface area contributed by atoms with Crippen LogP contribution in [0.15, 0.2) is 72.6 Å².